The van der Waals surface area contributed by atoms with E-state index in [2.05, 4.69) is 10.6 Å². The molecule has 0 unspecified atom stereocenters. The Morgan fingerprint density at radius 1 is 1.17 bits per heavy atom. The lowest BCUT2D eigenvalue weighted by molar-refractivity contribution is -0.126. The van der Waals surface area contributed by atoms with Crippen molar-refractivity contribution >= 4 is 17.6 Å². The number of para-hydroxylation sites is 1. The molecule has 4 atom stereocenters. The Morgan fingerprint density at radius 2 is 1.91 bits per heavy atom. The summed E-state index contributed by atoms with van der Waals surface area (Å²) in [6.45, 7) is 0.461. The van der Waals surface area contributed by atoms with Crippen molar-refractivity contribution in [3.05, 3.63) is 30.3 Å². The molecule has 124 valence electrons. The average Bonchev–Trinajstić information content (AvgIpc) is 3.09. The van der Waals surface area contributed by atoms with E-state index in [9.17, 15) is 9.59 Å². The molecule has 1 aromatic rings. The second kappa shape index (κ2) is 6.95. The smallest absolute Gasteiger partial charge is 0.319 e. The lowest BCUT2D eigenvalue weighted by Crippen LogP contribution is -2.46. The summed E-state index contributed by atoms with van der Waals surface area (Å²) in [7, 11) is 0. The first-order valence-corrected chi connectivity index (χ1v) is 7.39. The van der Waals surface area contributed by atoms with E-state index in [-0.39, 0.29) is 37.0 Å². The third-order valence-electron chi connectivity index (χ3n) is 3.80. The maximum absolute atomic E-state index is 12.0. The summed E-state index contributed by atoms with van der Waals surface area (Å²) in [5, 5.41) is 5.58. The molecule has 4 N–H and O–H groups in total. The first kappa shape index (κ1) is 15.7. The largest absolute Gasteiger partial charge is 0.370 e. The van der Waals surface area contributed by atoms with Crippen LogP contribution in [-0.2, 0) is 19.0 Å². The van der Waals surface area contributed by atoms with Crippen LogP contribution in [0.3, 0.4) is 0 Å². The van der Waals surface area contributed by atoms with Crippen molar-refractivity contribution in [2.24, 2.45) is 5.73 Å². The van der Waals surface area contributed by atoms with Gasteiger partial charge in [-0.15, -0.1) is 0 Å². The number of anilines is 1. The molecule has 0 aromatic heterocycles. The van der Waals surface area contributed by atoms with Gasteiger partial charge in [0.15, 0.2) is 0 Å². The topological polar surface area (TPSA) is 112 Å². The molecule has 0 radical (unpaired) electrons. The Kier molecular flexibility index (Phi) is 4.75. The Bertz CT molecular complexity index is 567. The van der Waals surface area contributed by atoms with Crippen molar-refractivity contribution in [2.75, 3.05) is 25.1 Å². The Labute approximate surface area is 133 Å². The molecular formula is C15H19N3O5. The van der Waals surface area contributed by atoms with E-state index in [4.69, 9.17) is 19.9 Å². The molecule has 8 heteroatoms. The minimum absolute atomic E-state index is 0.173. The van der Waals surface area contributed by atoms with Gasteiger partial charge in [-0.3, -0.25) is 4.79 Å². The van der Waals surface area contributed by atoms with Gasteiger partial charge in [-0.05, 0) is 12.1 Å². The Hall–Kier alpha value is -2.16. The van der Waals surface area contributed by atoms with Gasteiger partial charge in [-0.1, -0.05) is 18.2 Å². The van der Waals surface area contributed by atoms with Gasteiger partial charge in [0.05, 0.1) is 19.3 Å². The summed E-state index contributed by atoms with van der Waals surface area (Å²) in [6.07, 6.45) is -0.956. The van der Waals surface area contributed by atoms with Gasteiger partial charge in [0.25, 0.3) is 0 Å². The summed E-state index contributed by atoms with van der Waals surface area (Å²) in [5.74, 6) is -0.539. The van der Waals surface area contributed by atoms with E-state index in [1.54, 1.807) is 12.1 Å². The number of amides is 3. The van der Waals surface area contributed by atoms with Crippen LogP contribution in [0.5, 0.6) is 0 Å². The number of hydrogen-bond acceptors (Lipinski definition) is 5. The van der Waals surface area contributed by atoms with Crippen molar-refractivity contribution in [3.8, 4) is 0 Å². The lowest BCUT2D eigenvalue weighted by atomic mass is 10.1. The number of primary amides is 1. The zero-order valence-corrected chi connectivity index (χ0v) is 12.4. The molecule has 2 heterocycles. The van der Waals surface area contributed by atoms with Gasteiger partial charge in [-0.2, -0.15) is 0 Å². The van der Waals surface area contributed by atoms with Gasteiger partial charge in [0, 0.05) is 5.69 Å². The summed E-state index contributed by atoms with van der Waals surface area (Å²) >= 11 is 0. The molecule has 0 spiro atoms. The SMILES string of the molecule is NC(=O)CO[C@@H]1CO[C@H]2[C@@H]1OC[C@@H]2NC(=O)Nc1ccccc1. The fourth-order valence-corrected chi connectivity index (χ4v) is 2.78. The van der Waals surface area contributed by atoms with Gasteiger partial charge < -0.3 is 30.6 Å². The fraction of sp³-hybridized carbons (Fsp3) is 0.467. The van der Waals surface area contributed by atoms with Crippen LogP contribution in [0.25, 0.3) is 0 Å². The average molecular weight is 321 g/mol. The minimum Gasteiger partial charge on any atom is -0.370 e. The number of hydrogen-bond donors (Lipinski definition) is 3. The number of ether oxygens (including phenoxy) is 3. The van der Waals surface area contributed by atoms with Gasteiger partial charge in [-0.25, -0.2) is 4.79 Å². The fourth-order valence-electron chi connectivity index (χ4n) is 2.78. The normalized spacial score (nSPS) is 29.0. The maximum Gasteiger partial charge on any atom is 0.319 e. The van der Waals surface area contributed by atoms with E-state index >= 15 is 0 Å². The number of benzene rings is 1. The minimum atomic E-state index is -0.539. The van der Waals surface area contributed by atoms with Crippen molar-refractivity contribution in [1.82, 2.24) is 5.32 Å². The number of urea groups is 1. The van der Waals surface area contributed by atoms with E-state index in [0.717, 1.165) is 0 Å². The summed E-state index contributed by atoms with van der Waals surface area (Å²) in [5.41, 5.74) is 5.77. The second-order valence-corrected chi connectivity index (χ2v) is 5.48. The van der Waals surface area contributed by atoms with Gasteiger partial charge in [0.2, 0.25) is 5.91 Å². The van der Waals surface area contributed by atoms with E-state index in [0.29, 0.717) is 18.9 Å². The molecular weight excluding hydrogens is 302 g/mol. The molecule has 23 heavy (non-hydrogen) atoms. The Balaban J connectivity index is 1.51. The first-order chi connectivity index (χ1) is 11.1. The van der Waals surface area contributed by atoms with Crippen molar-refractivity contribution in [2.45, 2.75) is 24.4 Å². The van der Waals surface area contributed by atoms with Gasteiger partial charge >= 0.3 is 6.03 Å². The highest BCUT2D eigenvalue weighted by Crippen LogP contribution is 2.28. The quantitative estimate of drug-likeness (QED) is 0.698. The zero-order valence-electron chi connectivity index (χ0n) is 12.4. The molecule has 0 aliphatic carbocycles. The molecule has 3 amide bonds. The monoisotopic (exact) mass is 321 g/mol. The van der Waals surface area contributed by atoms with Crippen LogP contribution in [0.4, 0.5) is 10.5 Å². The number of carbonyl (C=O) groups excluding carboxylic acids is 2. The summed E-state index contributed by atoms with van der Waals surface area (Å²) in [6, 6.07) is 8.55. The molecule has 2 aliphatic rings. The highest BCUT2D eigenvalue weighted by Gasteiger charge is 2.48. The lowest BCUT2D eigenvalue weighted by Gasteiger charge is -2.18. The summed E-state index contributed by atoms with van der Waals surface area (Å²) < 4.78 is 16.7. The number of carbonyl (C=O) groups is 2. The standard InChI is InChI=1S/C15H19N3O5/c16-12(19)8-21-11-7-23-13-10(6-22-14(11)13)18-15(20)17-9-4-2-1-3-5-9/h1-5,10-11,13-14H,6-8H2,(H2,16,19)(H2,17,18,20)/t10-,11+,13+,14+/m0/s1. The molecule has 2 saturated heterocycles. The highest BCUT2D eigenvalue weighted by molar-refractivity contribution is 5.89. The Morgan fingerprint density at radius 3 is 2.65 bits per heavy atom. The number of nitrogens with two attached hydrogens (primary N) is 1. The number of rotatable bonds is 5. The molecule has 1 aromatic carbocycles. The maximum atomic E-state index is 12.0. The first-order valence-electron chi connectivity index (χ1n) is 7.39. The predicted octanol–water partition coefficient (Wildman–Crippen LogP) is -0.155. The van der Waals surface area contributed by atoms with Crippen LogP contribution in [0.2, 0.25) is 0 Å². The van der Waals surface area contributed by atoms with Crippen LogP contribution >= 0.6 is 0 Å². The summed E-state index contributed by atoms with van der Waals surface area (Å²) in [4.78, 5) is 22.8. The van der Waals surface area contributed by atoms with Crippen molar-refractivity contribution in [3.63, 3.8) is 0 Å². The van der Waals surface area contributed by atoms with E-state index < -0.39 is 5.91 Å². The molecule has 8 nitrogen and oxygen atoms in total. The van der Waals surface area contributed by atoms with Crippen molar-refractivity contribution < 1.29 is 23.8 Å². The van der Waals surface area contributed by atoms with Crippen LogP contribution in [-0.4, -0.2) is 56.1 Å². The van der Waals surface area contributed by atoms with Crippen LogP contribution in [0.1, 0.15) is 0 Å². The van der Waals surface area contributed by atoms with E-state index in [1.807, 2.05) is 18.2 Å². The number of fused-ring (bicyclic) bond motifs is 1. The van der Waals surface area contributed by atoms with Crippen LogP contribution in [0.15, 0.2) is 30.3 Å². The molecule has 2 aliphatic heterocycles. The third kappa shape index (κ3) is 3.79. The number of nitrogens with one attached hydrogen (secondary N) is 2. The van der Waals surface area contributed by atoms with Gasteiger partial charge in [0.1, 0.15) is 24.9 Å². The molecule has 2 fully saturated rings. The second-order valence-electron chi connectivity index (χ2n) is 5.48. The molecule has 0 bridgehead atoms. The van der Waals surface area contributed by atoms with Crippen molar-refractivity contribution in [1.29, 1.82) is 0 Å². The molecule has 0 saturated carbocycles. The van der Waals surface area contributed by atoms with Crippen LogP contribution in [0, 0.1) is 0 Å². The van der Waals surface area contributed by atoms with E-state index in [1.165, 1.54) is 0 Å². The highest BCUT2D eigenvalue weighted by atomic mass is 16.6. The molecule has 3 rings (SSSR count). The van der Waals surface area contributed by atoms with Crippen LogP contribution < -0.4 is 16.4 Å². The third-order valence-corrected chi connectivity index (χ3v) is 3.80. The zero-order chi connectivity index (χ0) is 16.2. The predicted molar refractivity (Wildman–Crippen MR) is 80.8 cm³/mol.